The van der Waals surface area contributed by atoms with Gasteiger partial charge in [0.2, 0.25) is 0 Å². The van der Waals surface area contributed by atoms with Crippen LogP contribution in [0.1, 0.15) is 21.5 Å². The molecular weight excluding hydrogens is 209 g/mol. The summed E-state index contributed by atoms with van der Waals surface area (Å²) in [6, 6.07) is 3.35. The van der Waals surface area contributed by atoms with Crippen LogP contribution in [0.15, 0.2) is 24.8 Å². The van der Waals surface area contributed by atoms with Crippen molar-refractivity contribution >= 4 is 11.7 Å². The molecule has 1 aromatic carbocycles. The van der Waals surface area contributed by atoms with Crippen LogP contribution in [-0.2, 0) is 10.9 Å². The third-order valence-corrected chi connectivity index (χ3v) is 2.08. The summed E-state index contributed by atoms with van der Waals surface area (Å²) in [4.78, 5) is 11.1. The number of fused-ring (bicyclic) bond motifs is 1. The van der Waals surface area contributed by atoms with E-state index in [-0.39, 0.29) is 16.9 Å². The Morgan fingerprint density at radius 1 is 1.27 bits per heavy atom. The van der Waals surface area contributed by atoms with E-state index in [0.717, 1.165) is 6.07 Å². The van der Waals surface area contributed by atoms with Crippen molar-refractivity contribution in [3.63, 3.8) is 0 Å². The fourth-order valence-corrected chi connectivity index (χ4v) is 1.48. The summed E-state index contributed by atoms with van der Waals surface area (Å²) in [6.07, 6.45) is -4.51. The number of benzene rings is 1. The minimum atomic E-state index is -4.51. The van der Waals surface area contributed by atoms with Crippen LogP contribution in [0.25, 0.3) is 5.76 Å². The Kier molecular flexibility index (Phi) is 1.86. The maximum atomic E-state index is 12.5. The van der Waals surface area contributed by atoms with Crippen molar-refractivity contribution in [3.05, 3.63) is 41.5 Å². The highest BCUT2D eigenvalue weighted by atomic mass is 19.4. The van der Waals surface area contributed by atoms with Crippen LogP contribution in [0.3, 0.4) is 0 Å². The Morgan fingerprint density at radius 3 is 2.53 bits per heavy atom. The zero-order valence-corrected chi connectivity index (χ0v) is 7.39. The lowest BCUT2D eigenvalue weighted by molar-refractivity contribution is -0.137. The van der Waals surface area contributed by atoms with Crippen LogP contribution in [-0.4, -0.2) is 5.97 Å². The number of hydrogen-bond acceptors (Lipinski definition) is 2. The number of cyclic esters (lactones) is 1. The molecule has 5 heteroatoms. The largest absolute Gasteiger partial charge is 0.423 e. The summed E-state index contributed by atoms with van der Waals surface area (Å²) in [5.74, 6) is -1.04. The molecule has 2 nitrogen and oxygen atoms in total. The van der Waals surface area contributed by atoms with Gasteiger partial charge in [0.05, 0.1) is 11.1 Å². The molecule has 0 atom stereocenters. The molecule has 78 valence electrons. The number of halogens is 3. The second kappa shape index (κ2) is 2.85. The lowest BCUT2D eigenvalue weighted by atomic mass is 10.0. The highest BCUT2D eigenvalue weighted by Gasteiger charge is 2.39. The Labute approximate surface area is 83.0 Å². The predicted octanol–water partition coefficient (Wildman–Crippen LogP) is 2.85. The third-order valence-electron chi connectivity index (χ3n) is 2.08. The van der Waals surface area contributed by atoms with Gasteiger partial charge in [0.15, 0.2) is 0 Å². The Morgan fingerprint density at radius 2 is 1.93 bits per heavy atom. The molecule has 1 aromatic rings. The Hall–Kier alpha value is -1.78. The first-order valence-corrected chi connectivity index (χ1v) is 4.03. The van der Waals surface area contributed by atoms with E-state index in [2.05, 4.69) is 11.3 Å². The van der Waals surface area contributed by atoms with E-state index in [1.165, 1.54) is 12.1 Å². The maximum absolute atomic E-state index is 12.5. The van der Waals surface area contributed by atoms with Gasteiger partial charge in [-0.05, 0) is 12.1 Å². The second-order valence-electron chi connectivity index (χ2n) is 3.04. The van der Waals surface area contributed by atoms with E-state index in [1.54, 1.807) is 0 Å². The van der Waals surface area contributed by atoms with Gasteiger partial charge in [-0.1, -0.05) is 12.6 Å². The van der Waals surface area contributed by atoms with Gasteiger partial charge < -0.3 is 4.74 Å². The SMILES string of the molecule is C=C1OC(=O)c2cccc(C(F)(F)F)c21. The predicted molar refractivity (Wildman–Crippen MR) is 45.9 cm³/mol. The van der Waals surface area contributed by atoms with Gasteiger partial charge in [0.25, 0.3) is 0 Å². The molecule has 0 unspecified atom stereocenters. The molecule has 1 aliphatic heterocycles. The zero-order valence-electron chi connectivity index (χ0n) is 7.39. The molecule has 0 bridgehead atoms. The lowest BCUT2D eigenvalue weighted by Crippen LogP contribution is -2.08. The van der Waals surface area contributed by atoms with Crippen LogP contribution in [0, 0.1) is 0 Å². The number of ether oxygens (including phenoxy) is 1. The molecule has 0 amide bonds. The molecule has 0 saturated carbocycles. The summed E-state index contributed by atoms with van der Waals surface area (Å²) in [5.41, 5.74) is -1.24. The van der Waals surface area contributed by atoms with E-state index < -0.39 is 17.7 Å². The molecule has 15 heavy (non-hydrogen) atoms. The average Bonchev–Trinajstić information content (AvgIpc) is 2.41. The molecule has 0 aliphatic carbocycles. The first-order chi connectivity index (χ1) is 6.91. The molecule has 1 heterocycles. The number of alkyl halides is 3. The van der Waals surface area contributed by atoms with Crippen molar-refractivity contribution in [1.82, 2.24) is 0 Å². The quantitative estimate of drug-likeness (QED) is 0.620. The van der Waals surface area contributed by atoms with Gasteiger partial charge >= 0.3 is 12.1 Å². The number of carbonyl (C=O) groups excluding carboxylic acids is 1. The van der Waals surface area contributed by atoms with Gasteiger partial charge in [0.1, 0.15) is 5.76 Å². The van der Waals surface area contributed by atoms with E-state index in [0.29, 0.717) is 0 Å². The average molecular weight is 214 g/mol. The number of esters is 1. The Bertz CT molecular complexity index is 460. The standard InChI is InChI=1S/C10H5F3O2/c1-5-8-6(9(14)15-5)3-2-4-7(8)10(11,12)13/h2-4H,1H2. The van der Waals surface area contributed by atoms with Gasteiger partial charge in [-0.15, -0.1) is 0 Å². The number of rotatable bonds is 0. The van der Waals surface area contributed by atoms with Crippen LogP contribution >= 0.6 is 0 Å². The van der Waals surface area contributed by atoms with Crippen LogP contribution in [0.2, 0.25) is 0 Å². The highest BCUT2D eigenvalue weighted by molar-refractivity contribution is 6.03. The zero-order chi connectivity index (χ0) is 11.2. The summed E-state index contributed by atoms with van der Waals surface area (Å²) in [7, 11) is 0. The summed E-state index contributed by atoms with van der Waals surface area (Å²) >= 11 is 0. The second-order valence-corrected chi connectivity index (χ2v) is 3.04. The highest BCUT2D eigenvalue weighted by Crippen LogP contribution is 2.39. The first-order valence-electron chi connectivity index (χ1n) is 4.03. The van der Waals surface area contributed by atoms with Gasteiger partial charge in [-0.2, -0.15) is 13.2 Å². The molecule has 0 radical (unpaired) electrons. The maximum Gasteiger partial charge on any atom is 0.417 e. The normalized spacial score (nSPS) is 15.1. The topological polar surface area (TPSA) is 26.3 Å². The molecule has 0 aromatic heterocycles. The summed E-state index contributed by atoms with van der Waals surface area (Å²) < 4.78 is 42.1. The fourth-order valence-electron chi connectivity index (χ4n) is 1.48. The van der Waals surface area contributed by atoms with Crippen LogP contribution in [0.5, 0.6) is 0 Å². The molecular formula is C10H5F3O2. The van der Waals surface area contributed by atoms with Gasteiger partial charge in [0, 0.05) is 5.56 Å². The smallest absolute Gasteiger partial charge is 0.417 e. The van der Waals surface area contributed by atoms with Crippen LogP contribution < -0.4 is 0 Å². The molecule has 2 rings (SSSR count). The monoisotopic (exact) mass is 214 g/mol. The van der Waals surface area contributed by atoms with Crippen molar-refractivity contribution in [2.24, 2.45) is 0 Å². The summed E-state index contributed by atoms with van der Waals surface area (Å²) in [5, 5.41) is 0. The van der Waals surface area contributed by atoms with Crippen LogP contribution in [0.4, 0.5) is 13.2 Å². The van der Waals surface area contributed by atoms with E-state index >= 15 is 0 Å². The number of hydrogen-bond donors (Lipinski definition) is 0. The van der Waals surface area contributed by atoms with Crippen molar-refractivity contribution in [2.75, 3.05) is 0 Å². The Balaban J connectivity index is 2.71. The minimum absolute atomic E-state index is 0.0881. The minimum Gasteiger partial charge on any atom is -0.423 e. The molecule has 0 saturated heterocycles. The number of carbonyl (C=O) groups is 1. The fraction of sp³-hybridized carbons (Fsp3) is 0.100. The van der Waals surface area contributed by atoms with Crippen molar-refractivity contribution in [1.29, 1.82) is 0 Å². The van der Waals surface area contributed by atoms with E-state index in [1.807, 2.05) is 0 Å². The first kappa shape index (κ1) is 9.76. The molecule has 1 aliphatic rings. The van der Waals surface area contributed by atoms with E-state index in [4.69, 9.17) is 0 Å². The van der Waals surface area contributed by atoms with E-state index in [9.17, 15) is 18.0 Å². The van der Waals surface area contributed by atoms with Gasteiger partial charge in [-0.3, -0.25) is 0 Å². The third kappa shape index (κ3) is 1.40. The molecule has 0 spiro atoms. The van der Waals surface area contributed by atoms with Crippen molar-refractivity contribution in [3.8, 4) is 0 Å². The lowest BCUT2D eigenvalue weighted by Gasteiger charge is -2.09. The van der Waals surface area contributed by atoms with Gasteiger partial charge in [-0.25, -0.2) is 4.79 Å². The molecule has 0 N–H and O–H groups in total. The van der Waals surface area contributed by atoms with Crippen molar-refractivity contribution in [2.45, 2.75) is 6.18 Å². The summed E-state index contributed by atoms with van der Waals surface area (Å²) in [6.45, 7) is 3.28. The van der Waals surface area contributed by atoms with Crippen molar-refractivity contribution < 1.29 is 22.7 Å². The molecule has 0 fully saturated rings.